The Bertz CT molecular complexity index is 574. The predicted octanol–water partition coefficient (Wildman–Crippen LogP) is 2.39. The minimum absolute atomic E-state index is 0.221. The van der Waals surface area contributed by atoms with Gasteiger partial charge < -0.3 is 0 Å². The molecule has 0 amide bonds. The van der Waals surface area contributed by atoms with Gasteiger partial charge in [-0.15, -0.1) is 0 Å². The lowest BCUT2D eigenvalue weighted by atomic mass is 10.0. The van der Waals surface area contributed by atoms with Crippen LogP contribution in [0, 0.1) is 6.92 Å². The van der Waals surface area contributed by atoms with Crippen molar-refractivity contribution >= 4 is 0 Å². The Hall–Kier alpha value is -1.65. The molecule has 0 fully saturated rings. The Balaban J connectivity index is 2.10. The minimum atomic E-state index is 0.221. The second-order valence-corrected chi connectivity index (χ2v) is 5.56. The molecule has 0 spiro atoms. The van der Waals surface area contributed by atoms with Gasteiger partial charge in [0.05, 0.1) is 5.69 Å². The van der Waals surface area contributed by atoms with E-state index in [1.165, 1.54) is 16.8 Å². The molecule has 2 rings (SSSR count). The molecule has 1 aromatic carbocycles. The summed E-state index contributed by atoms with van der Waals surface area (Å²) < 4.78 is 2.08. The summed E-state index contributed by atoms with van der Waals surface area (Å²) in [6.45, 7) is 7.28. The van der Waals surface area contributed by atoms with Crippen LogP contribution in [0.5, 0.6) is 0 Å². The lowest BCUT2D eigenvalue weighted by molar-refractivity contribution is 0.495. The van der Waals surface area contributed by atoms with Crippen LogP contribution in [0.25, 0.3) is 0 Å². The van der Waals surface area contributed by atoms with Gasteiger partial charge in [-0.3, -0.25) is 16.0 Å². The molecule has 0 saturated heterocycles. The van der Waals surface area contributed by atoms with Crippen LogP contribution in [0.2, 0.25) is 0 Å². The first-order chi connectivity index (χ1) is 10.2. The van der Waals surface area contributed by atoms with Crippen LogP contribution in [0.15, 0.2) is 30.3 Å². The van der Waals surface area contributed by atoms with E-state index in [2.05, 4.69) is 66.3 Å². The third-order valence-corrected chi connectivity index (χ3v) is 3.83. The predicted molar refractivity (Wildman–Crippen MR) is 87.0 cm³/mol. The van der Waals surface area contributed by atoms with Gasteiger partial charge in [0, 0.05) is 24.7 Å². The summed E-state index contributed by atoms with van der Waals surface area (Å²) in [5, 5.41) is 4.60. The maximum atomic E-state index is 5.76. The van der Waals surface area contributed by atoms with E-state index >= 15 is 0 Å². The summed E-state index contributed by atoms with van der Waals surface area (Å²) in [6.07, 6.45) is 2.79. The number of aromatic nitrogens is 2. The number of hydrazine groups is 1. The fourth-order valence-electron chi connectivity index (χ4n) is 2.69. The van der Waals surface area contributed by atoms with Crippen LogP contribution in [0.1, 0.15) is 36.4 Å². The molecule has 0 aliphatic heterocycles. The molecule has 0 aliphatic rings. The Morgan fingerprint density at radius 3 is 2.67 bits per heavy atom. The van der Waals surface area contributed by atoms with Gasteiger partial charge in [0.2, 0.25) is 0 Å². The molecule has 2 aromatic rings. The van der Waals surface area contributed by atoms with Gasteiger partial charge >= 0.3 is 0 Å². The number of nitrogens with zero attached hydrogens (tertiary/aromatic N) is 2. The third kappa shape index (κ3) is 4.16. The van der Waals surface area contributed by atoms with Crippen LogP contribution in [-0.4, -0.2) is 15.8 Å². The molecule has 4 nitrogen and oxygen atoms in total. The summed E-state index contributed by atoms with van der Waals surface area (Å²) in [5.41, 5.74) is 7.96. The largest absolute Gasteiger partial charge is 0.271 e. The number of rotatable bonds is 7. The summed E-state index contributed by atoms with van der Waals surface area (Å²) in [5.74, 6) is 5.76. The van der Waals surface area contributed by atoms with E-state index in [4.69, 9.17) is 5.84 Å². The zero-order valence-corrected chi connectivity index (χ0v) is 13.3. The first-order valence-electron chi connectivity index (χ1n) is 7.73. The van der Waals surface area contributed by atoms with Crippen molar-refractivity contribution in [2.45, 2.75) is 52.6 Å². The topological polar surface area (TPSA) is 55.9 Å². The third-order valence-electron chi connectivity index (χ3n) is 3.83. The number of aryl methyl sites for hydroxylation is 3. The van der Waals surface area contributed by atoms with E-state index in [0.717, 1.165) is 31.5 Å². The Labute approximate surface area is 127 Å². The SMILES string of the molecule is CCc1cc(CC(Cc2cccc(C)c2)NN)n(CC)n1. The highest BCUT2D eigenvalue weighted by Gasteiger charge is 2.13. The molecule has 0 radical (unpaired) electrons. The Morgan fingerprint density at radius 2 is 2.05 bits per heavy atom. The number of hydrogen-bond acceptors (Lipinski definition) is 3. The van der Waals surface area contributed by atoms with Gasteiger partial charge in [-0.2, -0.15) is 5.10 Å². The first kappa shape index (κ1) is 15.7. The van der Waals surface area contributed by atoms with E-state index in [-0.39, 0.29) is 6.04 Å². The standard InChI is InChI=1S/C17H26N4/c1-4-15-11-17(21(5-2)20-15)12-16(19-18)10-14-8-6-7-13(3)9-14/h6-9,11,16,19H,4-5,10,12,18H2,1-3H3. The van der Waals surface area contributed by atoms with Crippen LogP contribution in [0.3, 0.4) is 0 Å². The summed E-state index contributed by atoms with van der Waals surface area (Å²) >= 11 is 0. The van der Waals surface area contributed by atoms with Gasteiger partial charge in [0.1, 0.15) is 0 Å². The molecule has 1 aromatic heterocycles. The maximum absolute atomic E-state index is 5.76. The highest BCUT2D eigenvalue weighted by atomic mass is 15.3. The Kier molecular flexibility index (Phi) is 5.53. The van der Waals surface area contributed by atoms with Crippen molar-refractivity contribution in [2.75, 3.05) is 0 Å². The van der Waals surface area contributed by atoms with Crippen molar-refractivity contribution in [3.05, 3.63) is 52.8 Å². The van der Waals surface area contributed by atoms with Crippen molar-refractivity contribution in [1.82, 2.24) is 15.2 Å². The fraction of sp³-hybridized carbons (Fsp3) is 0.471. The van der Waals surface area contributed by atoms with Crippen molar-refractivity contribution < 1.29 is 0 Å². The number of nitrogens with one attached hydrogen (secondary N) is 1. The molecule has 1 heterocycles. The summed E-state index contributed by atoms with van der Waals surface area (Å²) in [7, 11) is 0. The first-order valence-corrected chi connectivity index (χ1v) is 7.73. The van der Waals surface area contributed by atoms with Gasteiger partial charge in [0.15, 0.2) is 0 Å². The van der Waals surface area contributed by atoms with Crippen molar-refractivity contribution in [3.8, 4) is 0 Å². The molecule has 0 bridgehead atoms. The molecule has 0 saturated carbocycles. The van der Waals surface area contributed by atoms with Gasteiger partial charge in [-0.05, 0) is 38.3 Å². The van der Waals surface area contributed by atoms with E-state index in [1.54, 1.807) is 0 Å². The molecule has 3 N–H and O–H groups in total. The lowest BCUT2D eigenvalue weighted by Crippen LogP contribution is -2.39. The van der Waals surface area contributed by atoms with E-state index in [0.29, 0.717) is 0 Å². The van der Waals surface area contributed by atoms with E-state index in [9.17, 15) is 0 Å². The molecule has 21 heavy (non-hydrogen) atoms. The van der Waals surface area contributed by atoms with Crippen molar-refractivity contribution in [2.24, 2.45) is 5.84 Å². The van der Waals surface area contributed by atoms with Gasteiger partial charge in [0.25, 0.3) is 0 Å². The maximum Gasteiger partial charge on any atom is 0.0624 e. The second kappa shape index (κ2) is 7.38. The lowest BCUT2D eigenvalue weighted by Gasteiger charge is -2.16. The highest BCUT2D eigenvalue weighted by molar-refractivity contribution is 5.23. The van der Waals surface area contributed by atoms with Crippen LogP contribution in [0.4, 0.5) is 0 Å². The zero-order chi connectivity index (χ0) is 15.2. The van der Waals surface area contributed by atoms with Gasteiger partial charge in [-0.25, -0.2) is 0 Å². The minimum Gasteiger partial charge on any atom is -0.271 e. The van der Waals surface area contributed by atoms with Crippen LogP contribution in [-0.2, 0) is 25.8 Å². The number of benzene rings is 1. The van der Waals surface area contributed by atoms with Crippen molar-refractivity contribution in [1.29, 1.82) is 0 Å². The fourth-order valence-corrected chi connectivity index (χ4v) is 2.69. The molecule has 0 aliphatic carbocycles. The van der Waals surface area contributed by atoms with Crippen LogP contribution < -0.4 is 11.3 Å². The molecule has 1 unspecified atom stereocenters. The summed E-state index contributed by atoms with van der Waals surface area (Å²) in [4.78, 5) is 0. The zero-order valence-electron chi connectivity index (χ0n) is 13.3. The van der Waals surface area contributed by atoms with E-state index < -0.39 is 0 Å². The number of nitrogens with two attached hydrogens (primary N) is 1. The molecule has 114 valence electrons. The second-order valence-electron chi connectivity index (χ2n) is 5.56. The molecule has 4 heteroatoms. The van der Waals surface area contributed by atoms with Gasteiger partial charge in [-0.1, -0.05) is 36.8 Å². The summed E-state index contributed by atoms with van der Waals surface area (Å²) in [6, 6.07) is 11.0. The number of hydrogen-bond donors (Lipinski definition) is 2. The highest BCUT2D eigenvalue weighted by Crippen LogP contribution is 2.12. The van der Waals surface area contributed by atoms with Crippen molar-refractivity contribution in [3.63, 3.8) is 0 Å². The smallest absolute Gasteiger partial charge is 0.0624 e. The Morgan fingerprint density at radius 1 is 1.24 bits per heavy atom. The molecular weight excluding hydrogens is 260 g/mol. The van der Waals surface area contributed by atoms with Crippen LogP contribution >= 0.6 is 0 Å². The quantitative estimate of drug-likeness (QED) is 0.607. The normalized spacial score (nSPS) is 12.6. The monoisotopic (exact) mass is 286 g/mol. The molecular formula is C17H26N4. The van der Waals surface area contributed by atoms with E-state index in [1.807, 2.05) is 0 Å². The average Bonchev–Trinajstić information content (AvgIpc) is 2.88. The molecule has 1 atom stereocenters. The average molecular weight is 286 g/mol.